The SMILES string of the molecule is CCNC(=NCc1nnc(C)n1C)NCC1(c2cccc(F)c2)CC1. The van der Waals surface area contributed by atoms with Gasteiger partial charge in [0.2, 0.25) is 0 Å². The topological polar surface area (TPSA) is 67.1 Å². The summed E-state index contributed by atoms with van der Waals surface area (Å²) in [4.78, 5) is 4.60. The fourth-order valence-electron chi connectivity index (χ4n) is 2.87. The van der Waals surface area contributed by atoms with Crippen molar-refractivity contribution in [1.29, 1.82) is 0 Å². The van der Waals surface area contributed by atoms with Crippen molar-refractivity contribution in [2.24, 2.45) is 12.0 Å². The Balaban J connectivity index is 1.66. The minimum atomic E-state index is -0.179. The van der Waals surface area contributed by atoms with Crippen LogP contribution >= 0.6 is 0 Å². The van der Waals surface area contributed by atoms with Crippen LogP contribution in [0.25, 0.3) is 0 Å². The van der Waals surface area contributed by atoms with Crippen LogP contribution in [0.3, 0.4) is 0 Å². The summed E-state index contributed by atoms with van der Waals surface area (Å²) in [6.07, 6.45) is 2.12. The lowest BCUT2D eigenvalue weighted by molar-refractivity contribution is 0.607. The van der Waals surface area contributed by atoms with E-state index >= 15 is 0 Å². The summed E-state index contributed by atoms with van der Waals surface area (Å²) in [5.74, 6) is 2.25. The van der Waals surface area contributed by atoms with Crippen molar-refractivity contribution >= 4 is 5.96 Å². The minimum Gasteiger partial charge on any atom is -0.357 e. The number of hydrogen-bond acceptors (Lipinski definition) is 3. The van der Waals surface area contributed by atoms with Crippen molar-refractivity contribution in [3.63, 3.8) is 0 Å². The molecule has 7 heteroatoms. The van der Waals surface area contributed by atoms with Gasteiger partial charge in [0.15, 0.2) is 11.8 Å². The Morgan fingerprint density at radius 1 is 1.32 bits per heavy atom. The number of nitrogens with zero attached hydrogens (tertiary/aromatic N) is 4. The highest BCUT2D eigenvalue weighted by Crippen LogP contribution is 2.47. The van der Waals surface area contributed by atoms with Crippen LogP contribution in [0.4, 0.5) is 4.39 Å². The third kappa shape index (κ3) is 3.97. The maximum absolute atomic E-state index is 13.5. The number of nitrogens with one attached hydrogen (secondary N) is 2. The van der Waals surface area contributed by atoms with Gasteiger partial charge in [0.1, 0.15) is 18.2 Å². The summed E-state index contributed by atoms with van der Waals surface area (Å²) < 4.78 is 15.5. The quantitative estimate of drug-likeness (QED) is 0.622. The second-order valence-electron chi connectivity index (χ2n) is 6.56. The lowest BCUT2D eigenvalue weighted by Gasteiger charge is -2.19. The molecule has 2 N–H and O–H groups in total. The second-order valence-corrected chi connectivity index (χ2v) is 6.56. The summed E-state index contributed by atoms with van der Waals surface area (Å²) in [6.45, 7) is 5.92. The molecule has 0 aliphatic heterocycles. The van der Waals surface area contributed by atoms with E-state index in [1.807, 2.05) is 31.5 Å². The summed E-state index contributed by atoms with van der Waals surface area (Å²) in [6, 6.07) is 6.91. The minimum absolute atomic E-state index is 0.0136. The average molecular weight is 344 g/mol. The van der Waals surface area contributed by atoms with E-state index in [2.05, 4.69) is 25.8 Å². The zero-order valence-electron chi connectivity index (χ0n) is 15.0. The Morgan fingerprint density at radius 2 is 2.12 bits per heavy atom. The maximum atomic E-state index is 13.5. The molecule has 25 heavy (non-hydrogen) atoms. The number of aryl methyl sites for hydroxylation is 1. The number of hydrogen-bond donors (Lipinski definition) is 2. The maximum Gasteiger partial charge on any atom is 0.191 e. The number of aromatic nitrogens is 3. The van der Waals surface area contributed by atoms with Crippen LogP contribution in [0.5, 0.6) is 0 Å². The van der Waals surface area contributed by atoms with Gasteiger partial charge < -0.3 is 15.2 Å². The molecule has 0 amide bonds. The number of halogens is 1. The first-order valence-electron chi connectivity index (χ1n) is 8.67. The molecule has 1 aromatic heterocycles. The molecule has 3 rings (SSSR count). The zero-order chi connectivity index (χ0) is 17.9. The van der Waals surface area contributed by atoms with Crippen molar-refractivity contribution in [1.82, 2.24) is 25.4 Å². The fraction of sp³-hybridized carbons (Fsp3) is 0.500. The van der Waals surface area contributed by atoms with Gasteiger partial charge >= 0.3 is 0 Å². The monoisotopic (exact) mass is 344 g/mol. The predicted molar refractivity (Wildman–Crippen MR) is 95.9 cm³/mol. The van der Waals surface area contributed by atoms with Gasteiger partial charge in [0.25, 0.3) is 0 Å². The lowest BCUT2D eigenvalue weighted by Crippen LogP contribution is -2.41. The van der Waals surface area contributed by atoms with Crippen molar-refractivity contribution < 1.29 is 4.39 Å². The zero-order valence-corrected chi connectivity index (χ0v) is 15.0. The Kier molecular flexibility index (Phi) is 5.01. The van der Waals surface area contributed by atoms with Crippen LogP contribution in [-0.2, 0) is 19.0 Å². The van der Waals surface area contributed by atoms with Crippen LogP contribution in [0.2, 0.25) is 0 Å². The van der Waals surface area contributed by atoms with Crippen LogP contribution in [0.1, 0.15) is 37.0 Å². The first kappa shape index (κ1) is 17.4. The van der Waals surface area contributed by atoms with E-state index in [0.717, 1.165) is 49.1 Å². The molecular weight excluding hydrogens is 319 g/mol. The van der Waals surface area contributed by atoms with Gasteiger partial charge in [-0.3, -0.25) is 0 Å². The smallest absolute Gasteiger partial charge is 0.191 e. The molecule has 1 heterocycles. The number of rotatable bonds is 6. The molecule has 0 saturated heterocycles. The Hall–Kier alpha value is -2.44. The van der Waals surface area contributed by atoms with Crippen molar-refractivity contribution in [3.05, 3.63) is 47.3 Å². The normalized spacial score (nSPS) is 15.9. The van der Waals surface area contributed by atoms with Crippen molar-refractivity contribution in [3.8, 4) is 0 Å². The van der Waals surface area contributed by atoms with Crippen LogP contribution < -0.4 is 10.6 Å². The lowest BCUT2D eigenvalue weighted by atomic mass is 9.96. The van der Waals surface area contributed by atoms with Gasteiger partial charge in [-0.2, -0.15) is 0 Å². The first-order valence-corrected chi connectivity index (χ1v) is 8.67. The van der Waals surface area contributed by atoms with Crippen LogP contribution in [0.15, 0.2) is 29.3 Å². The molecule has 1 saturated carbocycles. The van der Waals surface area contributed by atoms with Gasteiger partial charge in [0, 0.05) is 25.6 Å². The molecule has 0 bridgehead atoms. The Bertz CT molecular complexity index is 763. The third-order valence-electron chi connectivity index (χ3n) is 4.79. The molecule has 0 atom stereocenters. The molecule has 1 aliphatic carbocycles. The molecule has 1 fully saturated rings. The van der Waals surface area contributed by atoms with Gasteiger partial charge in [0.05, 0.1) is 0 Å². The van der Waals surface area contributed by atoms with E-state index in [0.29, 0.717) is 6.54 Å². The first-order chi connectivity index (χ1) is 12.0. The largest absolute Gasteiger partial charge is 0.357 e. The molecule has 2 aromatic rings. The highest BCUT2D eigenvalue weighted by Gasteiger charge is 2.44. The van der Waals surface area contributed by atoms with E-state index in [1.54, 1.807) is 12.1 Å². The standard InChI is InChI=1S/C18H25FN6/c1-4-20-17(21-11-16-24-23-13(2)25(16)3)22-12-18(8-9-18)14-6-5-7-15(19)10-14/h5-7,10H,4,8-9,11-12H2,1-3H3,(H2,20,21,22). The van der Waals surface area contributed by atoms with Gasteiger partial charge in [-0.15, -0.1) is 10.2 Å². The summed E-state index contributed by atoms with van der Waals surface area (Å²) >= 11 is 0. The molecule has 1 aliphatic rings. The van der Waals surface area contributed by atoms with Gasteiger partial charge in [-0.1, -0.05) is 12.1 Å². The van der Waals surface area contributed by atoms with Crippen LogP contribution in [-0.4, -0.2) is 33.8 Å². The molecule has 0 radical (unpaired) electrons. The third-order valence-corrected chi connectivity index (χ3v) is 4.79. The molecule has 134 valence electrons. The fourth-order valence-corrected chi connectivity index (χ4v) is 2.87. The highest BCUT2D eigenvalue weighted by atomic mass is 19.1. The van der Waals surface area contributed by atoms with Crippen molar-refractivity contribution in [2.45, 2.75) is 38.6 Å². The van der Waals surface area contributed by atoms with E-state index < -0.39 is 0 Å². The van der Waals surface area contributed by atoms with E-state index in [9.17, 15) is 4.39 Å². The van der Waals surface area contributed by atoms with Crippen molar-refractivity contribution in [2.75, 3.05) is 13.1 Å². The molecule has 1 aromatic carbocycles. The summed E-state index contributed by atoms with van der Waals surface area (Å²) in [5, 5.41) is 14.8. The van der Waals surface area contributed by atoms with E-state index in [4.69, 9.17) is 0 Å². The number of aliphatic imine (C=N–C) groups is 1. The second kappa shape index (κ2) is 7.21. The Labute approximate surface area is 147 Å². The van der Waals surface area contributed by atoms with E-state index in [-0.39, 0.29) is 11.2 Å². The summed E-state index contributed by atoms with van der Waals surface area (Å²) in [7, 11) is 1.93. The average Bonchev–Trinajstić information content (AvgIpc) is 3.33. The van der Waals surface area contributed by atoms with E-state index in [1.165, 1.54) is 6.07 Å². The Morgan fingerprint density at radius 3 is 2.72 bits per heavy atom. The molecular formula is C18H25FN6. The molecule has 0 spiro atoms. The predicted octanol–water partition coefficient (Wildman–Crippen LogP) is 2.05. The summed E-state index contributed by atoms with van der Waals surface area (Å²) in [5.41, 5.74) is 1.07. The molecule has 0 unspecified atom stereocenters. The highest BCUT2D eigenvalue weighted by molar-refractivity contribution is 5.79. The molecule has 6 nitrogen and oxygen atoms in total. The van der Waals surface area contributed by atoms with Gasteiger partial charge in [-0.05, 0) is 44.4 Å². The van der Waals surface area contributed by atoms with Crippen LogP contribution in [0, 0.1) is 12.7 Å². The number of benzene rings is 1. The van der Waals surface area contributed by atoms with Gasteiger partial charge in [-0.25, -0.2) is 9.38 Å². The number of guanidine groups is 1.